The van der Waals surface area contributed by atoms with Crippen molar-refractivity contribution in [1.29, 1.82) is 0 Å². The third-order valence-electron chi connectivity index (χ3n) is 11.4. The highest BCUT2D eigenvalue weighted by Crippen LogP contribution is 2.17. The number of ether oxygens (including phenoxy) is 3. The van der Waals surface area contributed by atoms with Crippen LogP contribution in [0.5, 0.6) is 0 Å². The van der Waals surface area contributed by atoms with Crippen molar-refractivity contribution in [2.75, 3.05) is 119 Å². The molecule has 0 bridgehead atoms. The molecule has 3 heterocycles. The molecule has 3 aliphatic heterocycles. The van der Waals surface area contributed by atoms with Gasteiger partial charge in [-0.05, 0) is 42.6 Å². The number of morpholine rings is 2. The SMILES string of the molecule is CC(C)[C@H](NC(=O)N(C)CCN1CCOCC1)C(=O)N[C@@H](Cc1ccccc1)[C@@H](O)CN(CC1CCOCC1)NC(=O)[C@@H](NC(=O)N(C)CCN1CCOCC1)C(C)C. The first-order valence-corrected chi connectivity index (χ1v) is 21.6. The minimum atomic E-state index is -1.13. The van der Waals surface area contributed by atoms with E-state index < -0.39 is 36.0 Å². The zero-order valence-corrected chi connectivity index (χ0v) is 36.4. The van der Waals surface area contributed by atoms with Gasteiger partial charge in [-0.1, -0.05) is 58.0 Å². The number of rotatable bonds is 21. The van der Waals surface area contributed by atoms with Crippen LogP contribution in [-0.2, 0) is 30.2 Å². The Labute approximate surface area is 351 Å². The highest BCUT2D eigenvalue weighted by Gasteiger charge is 2.33. The van der Waals surface area contributed by atoms with Gasteiger partial charge in [-0.15, -0.1) is 0 Å². The first kappa shape index (κ1) is 48.1. The van der Waals surface area contributed by atoms with E-state index in [4.69, 9.17) is 14.2 Å². The van der Waals surface area contributed by atoms with Crippen molar-refractivity contribution in [3.63, 3.8) is 0 Å². The standard InChI is InChI=1S/C42H73N9O8/c1-31(2)37(44-41(55)47(5)14-16-49-18-24-58-25-19-49)39(53)43-35(28-33-10-8-7-9-11-33)36(52)30-51(29-34-12-22-57-23-13-34)46-40(54)38(32(3)4)45-42(56)48(6)15-17-50-20-26-59-27-21-50/h7-11,31-32,34-38,52H,12-30H2,1-6H3,(H,43,53)(H,44,55)(H,45,56)(H,46,54)/t35-,36-,37-,38-/m0/s1. The molecule has 0 aliphatic carbocycles. The van der Waals surface area contributed by atoms with Gasteiger partial charge in [-0.2, -0.15) is 0 Å². The quantitative estimate of drug-likeness (QED) is 0.111. The van der Waals surface area contributed by atoms with Crippen molar-refractivity contribution in [2.24, 2.45) is 17.8 Å². The van der Waals surface area contributed by atoms with Gasteiger partial charge in [0.05, 0.1) is 38.6 Å². The van der Waals surface area contributed by atoms with Crippen LogP contribution in [0.4, 0.5) is 9.59 Å². The number of nitrogens with zero attached hydrogens (tertiary/aromatic N) is 5. The highest BCUT2D eigenvalue weighted by molar-refractivity contribution is 5.88. The minimum Gasteiger partial charge on any atom is -0.390 e. The normalized spacial score (nSPS) is 19.2. The van der Waals surface area contributed by atoms with E-state index >= 15 is 0 Å². The fourth-order valence-electron chi connectivity index (χ4n) is 7.40. The van der Waals surface area contributed by atoms with Crippen molar-refractivity contribution < 1.29 is 38.5 Å². The Bertz CT molecular complexity index is 1410. The number of nitrogens with one attached hydrogen (secondary N) is 4. The molecule has 17 nitrogen and oxygen atoms in total. The molecule has 0 radical (unpaired) electrons. The molecule has 5 N–H and O–H groups in total. The van der Waals surface area contributed by atoms with E-state index in [-0.39, 0.29) is 36.4 Å². The van der Waals surface area contributed by atoms with Gasteiger partial charge in [0.1, 0.15) is 12.1 Å². The first-order chi connectivity index (χ1) is 28.3. The third kappa shape index (κ3) is 16.8. The molecule has 334 valence electrons. The maximum atomic E-state index is 14.1. The number of likely N-dealkylation sites (N-methyl/N-ethyl adjacent to an activating group) is 2. The summed E-state index contributed by atoms with van der Waals surface area (Å²) in [6.07, 6.45) is 0.771. The van der Waals surface area contributed by atoms with Gasteiger partial charge < -0.3 is 45.1 Å². The molecule has 0 aromatic heterocycles. The van der Waals surface area contributed by atoms with Gasteiger partial charge in [0.2, 0.25) is 5.91 Å². The van der Waals surface area contributed by atoms with E-state index in [1.807, 2.05) is 58.0 Å². The second kappa shape index (κ2) is 25.3. The van der Waals surface area contributed by atoms with Crippen molar-refractivity contribution >= 4 is 23.9 Å². The lowest BCUT2D eigenvalue weighted by molar-refractivity contribution is -0.131. The Kier molecular flexibility index (Phi) is 20.6. The van der Waals surface area contributed by atoms with Crippen molar-refractivity contribution in [3.8, 4) is 0 Å². The van der Waals surface area contributed by atoms with Gasteiger partial charge in [-0.3, -0.25) is 24.8 Å². The Morgan fingerprint density at radius 3 is 1.68 bits per heavy atom. The maximum absolute atomic E-state index is 14.1. The number of urea groups is 2. The number of carbonyl (C=O) groups is 4. The predicted molar refractivity (Wildman–Crippen MR) is 225 cm³/mol. The van der Waals surface area contributed by atoms with Crippen LogP contribution in [0.1, 0.15) is 46.1 Å². The van der Waals surface area contributed by atoms with E-state index in [9.17, 15) is 24.3 Å². The van der Waals surface area contributed by atoms with E-state index in [1.54, 1.807) is 28.9 Å². The smallest absolute Gasteiger partial charge is 0.317 e. The van der Waals surface area contributed by atoms with Gasteiger partial charge >= 0.3 is 12.1 Å². The minimum absolute atomic E-state index is 0.00206. The lowest BCUT2D eigenvalue weighted by Gasteiger charge is -2.35. The molecule has 6 amide bonds. The molecular weight excluding hydrogens is 759 g/mol. The molecule has 1 aromatic rings. The zero-order valence-electron chi connectivity index (χ0n) is 36.4. The lowest BCUT2D eigenvalue weighted by atomic mass is 9.97. The summed E-state index contributed by atoms with van der Waals surface area (Å²) in [7, 11) is 3.44. The fraction of sp³-hybridized carbons (Fsp3) is 0.762. The number of hydrazine groups is 1. The summed E-state index contributed by atoms with van der Waals surface area (Å²) in [6.45, 7) is 17.5. The Hall–Kier alpha value is -3.58. The second-order valence-corrected chi connectivity index (χ2v) is 16.9. The Balaban J connectivity index is 1.45. The molecule has 4 rings (SSSR count). The largest absolute Gasteiger partial charge is 0.390 e. The van der Waals surface area contributed by atoms with Gasteiger partial charge in [-0.25, -0.2) is 14.6 Å². The van der Waals surface area contributed by atoms with Crippen LogP contribution < -0.4 is 21.4 Å². The average Bonchev–Trinajstić information content (AvgIpc) is 3.23. The molecule has 0 spiro atoms. The van der Waals surface area contributed by atoms with Crippen LogP contribution in [0.3, 0.4) is 0 Å². The summed E-state index contributed by atoms with van der Waals surface area (Å²) in [5.41, 5.74) is 3.95. The number of hydrogen-bond acceptors (Lipinski definition) is 11. The van der Waals surface area contributed by atoms with Crippen molar-refractivity contribution in [3.05, 3.63) is 35.9 Å². The van der Waals surface area contributed by atoms with Crippen LogP contribution in [-0.4, -0.2) is 197 Å². The molecule has 17 heteroatoms. The van der Waals surface area contributed by atoms with Crippen molar-refractivity contribution in [2.45, 2.75) is 71.2 Å². The number of carbonyl (C=O) groups excluding carboxylic acids is 4. The van der Waals surface area contributed by atoms with E-state index in [2.05, 4.69) is 31.2 Å². The van der Waals surface area contributed by atoms with Crippen LogP contribution in [0, 0.1) is 17.8 Å². The van der Waals surface area contributed by atoms with Gasteiger partial charge in [0.25, 0.3) is 5.91 Å². The Morgan fingerprint density at radius 1 is 0.712 bits per heavy atom. The summed E-state index contributed by atoms with van der Waals surface area (Å²) in [6, 6.07) is 6.42. The molecule has 1 aromatic carbocycles. The summed E-state index contributed by atoms with van der Waals surface area (Å²) in [5.74, 6) is -1.08. The van der Waals surface area contributed by atoms with E-state index in [1.165, 1.54) is 0 Å². The average molecular weight is 832 g/mol. The van der Waals surface area contributed by atoms with Crippen LogP contribution >= 0.6 is 0 Å². The lowest BCUT2D eigenvalue weighted by Crippen LogP contribution is -2.61. The topological polar surface area (TPSA) is 181 Å². The predicted octanol–water partition coefficient (Wildman–Crippen LogP) is 0.831. The summed E-state index contributed by atoms with van der Waals surface area (Å²) < 4.78 is 16.5. The number of aliphatic hydroxyl groups is 1. The molecule has 3 aliphatic rings. The van der Waals surface area contributed by atoms with Crippen molar-refractivity contribution in [1.82, 2.24) is 46.0 Å². The van der Waals surface area contributed by atoms with Gasteiger partial charge in [0.15, 0.2) is 0 Å². The number of aliphatic hydroxyl groups excluding tert-OH is 1. The number of amides is 6. The van der Waals surface area contributed by atoms with Crippen LogP contribution in [0.15, 0.2) is 30.3 Å². The Morgan fingerprint density at radius 2 is 1.19 bits per heavy atom. The highest BCUT2D eigenvalue weighted by atomic mass is 16.5. The summed E-state index contributed by atoms with van der Waals surface area (Å²) in [4.78, 5) is 62.5. The zero-order chi connectivity index (χ0) is 42.7. The van der Waals surface area contributed by atoms with Crippen LogP contribution in [0.2, 0.25) is 0 Å². The molecule has 4 atom stereocenters. The third-order valence-corrected chi connectivity index (χ3v) is 11.4. The molecule has 0 saturated carbocycles. The fourth-order valence-corrected chi connectivity index (χ4v) is 7.40. The van der Waals surface area contributed by atoms with Gasteiger partial charge in [0, 0.05) is 92.8 Å². The summed E-state index contributed by atoms with van der Waals surface area (Å²) >= 11 is 0. The maximum Gasteiger partial charge on any atom is 0.317 e. The first-order valence-electron chi connectivity index (χ1n) is 21.6. The number of hydrogen-bond donors (Lipinski definition) is 5. The van der Waals surface area contributed by atoms with E-state index in [0.29, 0.717) is 78.8 Å². The van der Waals surface area contributed by atoms with E-state index in [0.717, 1.165) is 44.6 Å². The monoisotopic (exact) mass is 832 g/mol. The molecule has 59 heavy (non-hydrogen) atoms. The summed E-state index contributed by atoms with van der Waals surface area (Å²) in [5, 5.41) is 22.7. The molecular formula is C42H73N9O8. The second-order valence-electron chi connectivity index (χ2n) is 16.9. The number of benzene rings is 1. The van der Waals surface area contributed by atoms with Crippen LogP contribution in [0.25, 0.3) is 0 Å². The molecule has 0 unspecified atom stereocenters. The molecule has 3 saturated heterocycles. The molecule has 3 fully saturated rings.